The Labute approximate surface area is 140 Å². The largest absolute Gasteiger partial charge is 0.486 e. The maximum atomic E-state index is 11.7. The molecule has 1 heterocycles. The number of esters is 1. The van der Waals surface area contributed by atoms with Crippen molar-refractivity contribution < 1.29 is 23.5 Å². The summed E-state index contributed by atoms with van der Waals surface area (Å²) in [5, 5.41) is 2.39. The number of furan rings is 1. The van der Waals surface area contributed by atoms with Crippen LogP contribution in [0.4, 0.5) is 0 Å². The van der Waals surface area contributed by atoms with Gasteiger partial charge >= 0.3 is 5.97 Å². The molecule has 0 aliphatic rings. The Morgan fingerprint density at radius 3 is 2.59 bits per heavy atom. The Balaban J connectivity index is 1.86. The average Bonchev–Trinajstić information content (AvgIpc) is 3.00. The zero-order valence-electron chi connectivity index (χ0n) is 11.8. The number of hydrogen-bond acceptors (Lipinski definition) is 5. The van der Waals surface area contributed by atoms with E-state index >= 15 is 0 Å². The molecule has 2 aromatic rings. The molecule has 1 aromatic carbocycles. The summed E-state index contributed by atoms with van der Waals surface area (Å²) in [5.74, 6) is 0.341. The van der Waals surface area contributed by atoms with Crippen molar-refractivity contribution in [2.24, 2.45) is 0 Å². The van der Waals surface area contributed by atoms with Crippen molar-refractivity contribution in [1.29, 1.82) is 0 Å². The van der Waals surface area contributed by atoms with E-state index < -0.39 is 11.9 Å². The normalized spacial score (nSPS) is 10.1. The summed E-state index contributed by atoms with van der Waals surface area (Å²) in [5.41, 5.74) is 0. The van der Waals surface area contributed by atoms with Crippen LogP contribution in [0.25, 0.3) is 0 Å². The van der Waals surface area contributed by atoms with Crippen LogP contribution in [0.15, 0.2) is 40.8 Å². The molecule has 6 nitrogen and oxygen atoms in total. The summed E-state index contributed by atoms with van der Waals surface area (Å²) in [7, 11) is 1.25. The van der Waals surface area contributed by atoms with E-state index in [1.807, 2.05) is 24.3 Å². The van der Waals surface area contributed by atoms with Gasteiger partial charge < -0.3 is 19.2 Å². The molecule has 0 fully saturated rings. The van der Waals surface area contributed by atoms with Gasteiger partial charge in [-0.25, -0.2) is 0 Å². The van der Waals surface area contributed by atoms with Crippen molar-refractivity contribution in [3.8, 4) is 5.75 Å². The predicted molar refractivity (Wildman–Crippen MR) is 86.5 cm³/mol. The molecule has 22 heavy (non-hydrogen) atoms. The van der Waals surface area contributed by atoms with Crippen molar-refractivity contribution in [2.45, 2.75) is 6.61 Å². The standard InChI is InChI=1S/C15H14INO5/c1-20-14(18)8-17-15(19)13-7-6-12(22-13)9-21-11-4-2-10(16)3-5-11/h2-7H,8-9H2,1H3,(H,17,19). The molecule has 0 saturated heterocycles. The number of carbonyl (C=O) groups is 2. The lowest BCUT2D eigenvalue weighted by Gasteiger charge is -2.04. The third-order valence-electron chi connectivity index (χ3n) is 2.70. The number of rotatable bonds is 6. The van der Waals surface area contributed by atoms with E-state index in [0.717, 1.165) is 3.57 Å². The van der Waals surface area contributed by atoms with E-state index in [2.05, 4.69) is 32.6 Å². The third-order valence-corrected chi connectivity index (χ3v) is 3.42. The van der Waals surface area contributed by atoms with E-state index in [0.29, 0.717) is 11.5 Å². The number of carbonyl (C=O) groups excluding carboxylic acids is 2. The number of ether oxygens (including phenoxy) is 2. The Kier molecular flexibility index (Phi) is 5.82. The highest BCUT2D eigenvalue weighted by molar-refractivity contribution is 14.1. The Morgan fingerprint density at radius 2 is 1.91 bits per heavy atom. The summed E-state index contributed by atoms with van der Waals surface area (Å²) in [6, 6.07) is 10.8. The first kappa shape index (κ1) is 16.3. The fraction of sp³-hybridized carbons (Fsp3) is 0.200. The molecular weight excluding hydrogens is 401 g/mol. The first-order valence-electron chi connectivity index (χ1n) is 6.40. The monoisotopic (exact) mass is 415 g/mol. The SMILES string of the molecule is COC(=O)CNC(=O)c1ccc(COc2ccc(I)cc2)o1. The van der Waals surface area contributed by atoms with E-state index in [4.69, 9.17) is 9.15 Å². The van der Waals surface area contributed by atoms with Gasteiger partial charge in [0.2, 0.25) is 0 Å². The molecule has 0 unspecified atom stereocenters. The van der Waals surface area contributed by atoms with Crippen LogP contribution in [0.3, 0.4) is 0 Å². The fourth-order valence-electron chi connectivity index (χ4n) is 1.57. The van der Waals surface area contributed by atoms with Crippen LogP contribution in [0.2, 0.25) is 0 Å². The average molecular weight is 415 g/mol. The fourth-order valence-corrected chi connectivity index (χ4v) is 1.93. The Morgan fingerprint density at radius 1 is 1.18 bits per heavy atom. The molecule has 0 saturated carbocycles. The third kappa shape index (κ3) is 4.76. The first-order chi connectivity index (χ1) is 10.6. The molecule has 2 rings (SSSR count). The van der Waals surface area contributed by atoms with E-state index in [-0.39, 0.29) is 18.9 Å². The molecule has 1 amide bonds. The molecular formula is C15H14INO5. The second kappa shape index (κ2) is 7.83. The minimum absolute atomic E-state index is 0.116. The highest BCUT2D eigenvalue weighted by Crippen LogP contribution is 2.16. The molecule has 0 atom stereocenters. The van der Waals surface area contributed by atoms with Gasteiger partial charge in [-0.2, -0.15) is 0 Å². The van der Waals surface area contributed by atoms with Crippen LogP contribution >= 0.6 is 22.6 Å². The zero-order chi connectivity index (χ0) is 15.9. The van der Waals surface area contributed by atoms with Crippen LogP contribution in [0, 0.1) is 3.57 Å². The molecule has 0 aliphatic heterocycles. The number of methoxy groups -OCH3 is 1. The van der Waals surface area contributed by atoms with Crippen LogP contribution in [-0.4, -0.2) is 25.5 Å². The van der Waals surface area contributed by atoms with Crippen LogP contribution in [-0.2, 0) is 16.1 Å². The topological polar surface area (TPSA) is 77.8 Å². The number of amides is 1. The first-order valence-corrected chi connectivity index (χ1v) is 7.48. The number of hydrogen-bond donors (Lipinski definition) is 1. The Hall–Kier alpha value is -2.03. The van der Waals surface area contributed by atoms with Crippen molar-refractivity contribution in [3.63, 3.8) is 0 Å². The smallest absolute Gasteiger partial charge is 0.325 e. The van der Waals surface area contributed by atoms with Crippen molar-refractivity contribution in [1.82, 2.24) is 5.32 Å². The highest BCUT2D eigenvalue weighted by atomic mass is 127. The molecule has 0 aliphatic carbocycles. The second-order valence-corrected chi connectivity index (χ2v) is 5.51. The summed E-state index contributed by atoms with van der Waals surface area (Å²) in [6.45, 7) is 0.00932. The van der Waals surface area contributed by atoms with Crippen LogP contribution in [0.1, 0.15) is 16.3 Å². The van der Waals surface area contributed by atoms with Crippen LogP contribution in [0.5, 0.6) is 5.75 Å². The highest BCUT2D eigenvalue weighted by Gasteiger charge is 2.12. The van der Waals surface area contributed by atoms with Crippen LogP contribution < -0.4 is 10.1 Å². The minimum atomic E-state index is -0.526. The van der Waals surface area contributed by atoms with Gasteiger partial charge in [0.25, 0.3) is 5.91 Å². The van der Waals surface area contributed by atoms with Gasteiger partial charge in [0.05, 0.1) is 7.11 Å². The van der Waals surface area contributed by atoms with Gasteiger partial charge in [-0.05, 0) is 59.0 Å². The summed E-state index contributed by atoms with van der Waals surface area (Å²) < 4.78 is 16.5. The van der Waals surface area contributed by atoms with E-state index in [9.17, 15) is 9.59 Å². The molecule has 0 spiro atoms. The van der Waals surface area contributed by atoms with Gasteiger partial charge in [-0.1, -0.05) is 0 Å². The van der Waals surface area contributed by atoms with E-state index in [1.165, 1.54) is 13.2 Å². The molecule has 1 N–H and O–H groups in total. The van der Waals surface area contributed by atoms with Gasteiger partial charge in [-0.3, -0.25) is 9.59 Å². The summed E-state index contributed by atoms with van der Waals surface area (Å²) in [4.78, 5) is 22.7. The quantitative estimate of drug-likeness (QED) is 0.579. The molecule has 7 heteroatoms. The summed E-state index contributed by atoms with van der Waals surface area (Å²) in [6.07, 6.45) is 0. The van der Waals surface area contributed by atoms with Crippen molar-refractivity contribution in [2.75, 3.05) is 13.7 Å². The summed E-state index contributed by atoms with van der Waals surface area (Å²) >= 11 is 2.21. The lowest BCUT2D eigenvalue weighted by atomic mass is 10.3. The number of nitrogens with one attached hydrogen (secondary N) is 1. The van der Waals surface area contributed by atoms with Gasteiger partial charge in [0, 0.05) is 3.57 Å². The maximum Gasteiger partial charge on any atom is 0.325 e. The van der Waals surface area contributed by atoms with Gasteiger partial charge in [-0.15, -0.1) is 0 Å². The predicted octanol–water partition coefficient (Wildman–Crippen LogP) is 2.37. The molecule has 0 bridgehead atoms. The van der Waals surface area contributed by atoms with Crippen molar-refractivity contribution in [3.05, 3.63) is 51.5 Å². The molecule has 116 valence electrons. The number of benzene rings is 1. The number of halogens is 1. The van der Waals surface area contributed by atoms with Gasteiger partial charge in [0.15, 0.2) is 5.76 Å². The Bertz CT molecular complexity index is 650. The van der Waals surface area contributed by atoms with Crippen molar-refractivity contribution >= 4 is 34.5 Å². The zero-order valence-corrected chi connectivity index (χ0v) is 14.0. The second-order valence-electron chi connectivity index (χ2n) is 4.27. The molecule has 0 radical (unpaired) electrons. The lowest BCUT2D eigenvalue weighted by molar-refractivity contribution is -0.139. The molecule has 1 aromatic heterocycles. The maximum absolute atomic E-state index is 11.7. The minimum Gasteiger partial charge on any atom is -0.486 e. The van der Waals surface area contributed by atoms with Gasteiger partial charge in [0.1, 0.15) is 24.7 Å². The lowest BCUT2D eigenvalue weighted by Crippen LogP contribution is -2.29. The van der Waals surface area contributed by atoms with E-state index in [1.54, 1.807) is 6.07 Å².